The van der Waals surface area contributed by atoms with E-state index in [-0.39, 0.29) is 0 Å². The summed E-state index contributed by atoms with van der Waals surface area (Å²) in [6.45, 7) is 1.33. The van der Waals surface area contributed by atoms with E-state index >= 15 is 0 Å². The molecule has 2 aromatic carbocycles. The molecule has 0 aromatic heterocycles. The molecule has 0 amide bonds. The fourth-order valence-corrected chi connectivity index (χ4v) is 3.05. The predicted octanol–water partition coefficient (Wildman–Crippen LogP) is 4.21. The van der Waals surface area contributed by atoms with Crippen LogP contribution in [-0.2, 0) is 29.4 Å². The summed E-state index contributed by atoms with van der Waals surface area (Å²) in [5.41, 5.74) is -3.81. The molecular formula is C24H25F3O7. The highest BCUT2D eigenvalue weighted by atomic mass is 19.4. The molecule has 0 spiro atoms. The standard InChI is InChI=1S/C24H25F3O7/c1-16(20(14-15-21(28)31-3)34-19-12-10-18(30-2)11-13-19)33-22(29)23(32-4,24(25,26)27)17-8-6-5-7-9-17/h5-16,20H,1-4H3/b15-14+/t16-,20+,23-/m1/s1. The molecule has 10 heteroatoms. The van der Waals surface area contributed by atoms with E-state index in [2.05, 4.69) is 4.74 Å². The Labute approximate surface area is 195 Å². The van der Waals surface area contributed by atoms with Crippen LogP contribution in [-0.4, -0.2) is 51.7 Å². The van der Waals surface area contributed by atoms with Crippen LogP contribution in [0.5, 0.6) is 11.5 Å². The van der Waals surface area contributed by atoms with Crippen molar-refractivity contribution >= 4 is 11.9 Å². The van der Waals surface area contributed by atoms with Gasteiger partial charge < -0.3 is 23.7 Å². The summed E-state index contributed by atoms with van der Waals surface area (Å²) >= 11 is 0. The molecule has 3 atom stereocenters. The first-order valence-electron chi connectivity index (χ1n) is 10.0. The molecule has 0 N–H and O–H groups in total. The zero-order valence-corrected chi connectivity index (χ0v) is 19.0. The van der Waals surface area contributed by atoms with Crippen molar-refractivity contribution in [2.45, 2.75) is 30.9 Å². The van der Waals surface area contributed by atoms with Gasteiger partial charge in [0, 0.05) is 18.7 Å². The minimum Gasteiger partial charge on any atom is -0.497 e. The van der Waals surface area contributed by atoms with Gasteiger partial charge in [-0.15, -0.1) is 0 Å². The van der Waals surface area contributed by atoms with Crippen LogP contribution < -0.4 is 9.47 Å². The molecule has 0 unspecified atom stereocenters. The number of rotatable bonds is 10. The Hall–Kier alpha value is -3.53. The van der Waals surface area contributed by atoms with Crippen molar-refractivity contribution in [3.05, 3.63) is 72.3 Å². The highest BCUT2D eigenvalue weighted by Crippen LogP contribution is 2.43. The van der Waals surface area contributed by atoms with Crippen LogP contribution in [0.1, 0.15) is 12.5 Å². The second kappa shape index (κ2) is 11.6. The average Bonchev–Trinajstić information content (AvgIpc) is 2.82. The van der Waals surface area contributed by atoms with Crippen molar-refractivity contribution < 1.29 is 46.4 Å². The van der Waals surface area contributed by atoms with E-state index < -0.39 is 41.5 Å². The first-order chi connectivity index (χ1) is 16.1. The highest BCUT2D eigenvalue weighted by molar-refractivity contribution is 5.83. The molecular weight excluding hydrogens is 457 g/mol. The van der Waals surface area contributed by atoms with Crippen molar-refractivity contribution in [1.29, 1.82) is 0 Å². The molecule has 0 saturated heterocycles. The summed E-state index contributed by atoms with van der Waals surface area (Å²) < 4.78 is 67.7. The Morgan fingerprint density at radius 1 is 0.912 bits per heavy atom. The first kappa shape index (κ1) is 26.7. The van der Waals surface area contributed by atoms with Gasteiger partial charge >= 0.3 is 18.1 Å². The molecule has 0 aliphatic carbocycles. The lowest BCUT2D eigenvalue weighted by Crippen LogP contribution is -2.53. The fourth-order valence-electron chi connectivity index (χ4n) is 3.05. The summed E-state index contributed by atoms with van der Waals surface area (Å²) in [6.07, 6.45) is -5.30. The molecule has 0 bridgehead atoms. The lowest BCUT2D eigenvalue weighted by atomic mass is 9.92. The number of ether oxygens (including phenoxy) is 5. The van der Waals surface area contributed by atoms with Gasteiger partial charge in [0.05, 0.1) is 14.2 Å². The molecule has 7 nitrogen and oxygen atoms in total. The smallest absolute Gasteiger partial charge is 0.432 e. The third kappa shape index (κ3) is 6.07. The number of benzene rings is 2. The Balaban J connectivity index is 2.36. The number of methoxy groups -OCH3 is 3. The van der Waals surface area contributed by atoms with Gasteiger partial charge in [-0.2, -0.15) is 13.2 Å². The van der Waals surface area contributed by atoms with Crippen molar-refractivity contribution in [3.63, 3.8) is 0 Å². The topological polar surface area (TPSA) is 80.3 Å². The van der Waals surface area contributed by atoms with E-state index in [9.17, 15) is 22.8 Å². The summed E-state index contributed by atoms with van der Waals surface area (Å²) in [6, 6.07) is 12.7. The average molecular weight is 482 g/mol. The van der Waals surface area contributed by atoms with Gasteiger partial charge in [0.2, 0.25) is 0 Å². The molecule has 0 heterocycles. The molecule has 0 radical (unpaired) electrons. The van der Waals surface area contributed by atoms with Gasteiger partial charge in [-0.3, -0.25) is 0 Å². The fraction of sp³-hybridized carbons (Fsp3) is 0.333. The summed E-state index contributed by atoms with van der Waals surface area (Å²) in [5.74, 6) is -1.57. The molecule has 2 aromatic rings. The van der Waals surface area contributed by atoms with E-state index in [4.69, 9.17) is 18.9 Å². The van der Waals surface area contributed by atoms with E-state index in [0.717, 1.165) is 32.4 Å². The zero-order chi connectivity index (χ0) is 25.4. The van der Waals surface area contributed by atoms with Crippen LogP contribution in [0.3, 0.4) is 0 Å². The quantitative estimate of drug-likeness (QED) is 0.371. The van der Waals surface area contributed by atoms with E-state index in [1.54, 1.807) is 24.3 Å². The minimum absolute atomic E-state index is 0.292. The molecule has 2 rings (SSSR count). The highest BCUT2D eigenvalue weighted by Gasteiger charge is 2.64. The number of carbonyl (C=O) groups excluding carboxylic acids is 2. The van der Waals surface area contributed by atoms with Crippen LogP contribution in [0.2, 0.25) is 0 Å². The number of halogens is 3. The van der Waals surface area contributed by atoms with Gasteiger partial charge in [-0.25, -0.2) is 9.59 Å². The number of carbonyl (C=O) groups is 2. The third-order valence-electron chi connectivity index (χ3n) is 4.88. The van der Waals surface area contributed by atoms with Crippen molar-refractivity contribution in [3.8, 4) is 11.5 Å². The number of hydrogen-bond acceptors (Lipinski definition) is 7. The largest absolute Gasteiger partial charge is 0.497 e. The summed E-state index contributed by atoms with van der Waals surface area (Å²) in [5, 5.41) is 0. The van der Waals surface area contributed by atoms with Gasteiger partial charge in [-0.1, -0.05) is 30.3 Å². The monoisotopic (exact) mass is 482 g/mol. The van der Waals surface area contributed by atoms with Gasteiger partial charge in [0.25, 0.3) is 5.60 Å². The van der Waals surface area contributed by atoms with Crippen LogP contribution in [0.25, 0.3) is 0 Å². The Morgan fingerprint density at radius 2 is 1.50 bits per heavy atom. The van der Waals surface area contributed by atoms with Gasteiger partial charge in [0.1, 0.15) is 17.6 Å². The Bertz CT molecular complexity index is 974. The first-order valence-corrected chi connectivity index (χ1v) is 10.0. The zero-order valence-electron chi connectivity index (χ0n) is 19.0. The van der Waals surface area contributed by atoms with Crippen molar-refractivity contribution in [1.82, 2.24) is 0 Å². The SMILES string of the molecule is COC(=O)/C=C/[C@H](Oc1ccc(OC)cc1)[C@@H](C)OC(=O)[C@](OC)(c1ccccc1)C(F)(F)F. The number of esters is 2. The van der Waals surface area contributed by atoms with Crippen molar-refractivity contribution in [2.24, 2.45) is 0 Å². The lowest BCUT2D eigenvalue weighted by molar-refractivity contribution is -0.278. The minimum atomic E-state index is -5.13. The molecule has 0 aliphatic heterocycles. The molecule has 0 aliphatic rings. The maximum Gasteiger partial charge on any atom is 0.432 e. The maximum atomic E-state index is 14.1. The number of hydrogen-bond donors (Lipinski definition) is 0. The van der Waals surface area contributed by atoms with Crippen molar-refractivity contribution in [2.75, 3.05) is 21.3 Å². The molecule has 184 valence electrons. The van der Waals surface area contributed by atoms with Gasteiger partial charge in [-0.05, 0) is 37.3 Å². The molecule has 0 saturated carbocycles. The molecule has 0 fully saturated rings. The third-order valence-corrected chi connectivity index (χ3v) is 4.88. The predicted molar refractivity (Wildman–Crippen MR) is 115 cm³/mol. The maximum absolute atomic E-state index is 14.1. The van der Waals surface area contributed by atoms with Crippen LogP contribution in [0.4, 0.5) is 13.2 Å². The Morgan fingerprint density at radius 3 is 2.00 bits per heavy atom. The normalized spacial score (nSPS) is 15.1. The van der Waals surface area contributed by atoms with Crippen LogP contribution in [0, 0.1) is 0 Å². The van der Waals surface area contributed by atoms with Crippen LogP contribution in [0.15, 0.2) is 66.7 Å². The lowest BCUT2D eigenvalue weighted by Gasteiger charge is -2.34. The number of alkyl halides is 3. The summed E-state index contributed by atoms with van der Waals surface area (Å²) in [4.78, 5) is 24.5. The van der Waals surface area contributed by atoms with E-state index in [1.165, 1.54) is 38.3 Å². The second-order valence-electron chi connectivity index (χ2n) is 7.00. The summed E-state index contributed by atoms with van der Waals surface area (Å²) in [7, 11) is 3.41. The van der Waals surface area contributed by atoms with E-state index in [1.807, 2.05) is 0 Å². The van der Waals surface area contributed by atoms with E-state index in [0.29, 0.717) is 11.5 Å². The van der Waals surface area contributed by atoms with Gasteiger partial charge in [0.15, 0.2) is 6.10 Å². The van der Waals surface area contributed by atoms with Crippen LogP contribution >= 0.6 is 0 Å². The second-order valence-corrected chi connectivity index (χ2v) is 7.00. The Kier molecular flexibility index (Phi) is 9.08. The molecule has 34 heavy (non-hydrogen) atoms.